The van der Waals surface area contributed by atoms with Crippen LogP contribution in [0.1, 0.15) is 116 Å². The van der Waals surface area contributed by atoms with Crippen LogP contribution in [0.15, 0.2) is 0 Å². The fourth-order valence-corrected chi connectivity index (χ4v) is 10.5. The molecule has 5 saturated heterocycles. The van der Waals surface area contributed by atoms with Gasteiger partial charge in [-0.05, 0) is 51.4 Å². The number of hydrogen-bond donors (Lipinski definition) is 8. The number of halogens is 3. The van der Waals surface area contributed by atoms with Gasteiger partial charge in [0, 0.05) is 73.6 Å². The highest BCUT2D eigenvalue weighted by atomic mass is 35.6. The zero-order valence-electron chi connectivity index (χ0n) is 37.3. The molecule has 66 heavy (non-hydrogen) atoms. The summed E-state index contributed by atoms with van der Waals surface area (Å²) in [5.74, 6) is 5.05. The molecule has 5 aliphatic rings. The molecule has 5 aliphatic heterocycles. The molecule has 5 rings (SSSR count). The Balaban J connectivity index is 0.000000393. The topological polar surface area (TPSA) is 259 Å². The predicted molar refractivity (Wildman–Crippen MR) is 259 cm³/mol. The molecule has 0 saturated carbocycles. The van der Waals surface area contributed by atoms with Gasteiger partial charge in [0.1, 0.15) is 0 Å². The summed E-state index contributed by atoms with van der Waals surface area (Å²) in [6, 6.07) is 0.818. The van der Waals surface area contributed by atoms with Crippen LogP contribution in [-0.2, 0) is 33.6 Å². The van der Waals surface area contributed by atoms with Gasteiger partial charge in [0.25, 0.3) is 11.8 Å². The van der Waals surface area contributed by atoms with Crippen molar-refractivity contribution in [1.82, 2.24) is 42.3 Å². The van der Waals surface area contributed by atoms with E-state index in [1.807, 2.05) is 23.5 Å². The van der Waals surface area contributed by atoms with Gasteiger partial charge in [-0.15, -0.1) is 17.9 Å². The standard InChI is InChI=1S/C20H30N4O6S.C19H30N4O3S.C3H5N.CHCl3/c25-15(7-4-3-6-14-19-13(12-31-14)22-20(29)23-19)21-11-5-1-2-8-18(28)30-24-16(26)9-10-17(24)27;1-2-11-20-16(24)9-4-3-7-12-21-17(25)10-6-5-8-15-18-14(13-27-15)22-19(26)23-18;1-2-3-4;2-1(3)4/h13-14,19H,1-12H2,(H,21,25)(H2,22,23,29);1,14-15,18H,3-13H2,(H,20,24)(H,21,25)(H2,22,23,26);1H,3-4H2;1H/t13-,14?,19-;14-,15?,18-;;/m00../s1. The third-order valence-electron chi connectivity index (χ3n) is 10.6. The van der Waals surface area contributed by atoms with Gasteiger partial charge in [-0.1, -0.05) is 72.3 Å². The first-order chi connectivity index (χ1) is 31.7. The number of hydroxylamine groups is 2. The molecule has 5 heterocycles. The molecule has 6 atom stereocenters. The third-order valence-corrected chi connectivity index (χ3v) is 13.7. The molecule has 23 heteroatoms. The number of thioether (sulfide) groups is 2. The molecule has 370 valence electrons. The van der Waals surface area contributed by atoms with Crippen molar-refractivity contribution in [3.8, 4) is 24.7 Å². The number of urea groups is 2. The molecule has 0 aliphatic carbocycles. The van der Waals surface area contributed by atoms with Crippen LogP contribution in [0.3, 0.4) is 0 Å². The number of imide groups is 1. The molecule has 0 radical (unpaired) electrons. The molecule has 9 amide bonds. The molecule has 2 unspecified atom stereocenters. The molecule has 9 N–H and O–H groups in total. The van der Waals surface area contributed by atoms with Crippen molar-refractivity contribution >= 4 is 106 Å². The predicted octanol–water partition coefficient (Wildman–Crippen LogP) is 3.70. The maximum Gasteiger partial charge on any atom is 0.333 e. The first kappa shape index (κ1) is 58.3. The second kappa shape index (κ2) is 34.5. The number of hydrogen-bond acceptors (Lipinski definition) is 12. The van der Waals surface area contributed by atoms with Crippen LogP contribution >= 0.6 is 58.3 Å². The lowest BCUT2D eigenvalue weighted by molar-refractivity contribution is -0.197. The fraction of sp³-hybridized carbons (Fsp3) is 0.721. The first-order valence-electron chi connectivity index (χ1n) is 22.4. The highest BCUT2D eigenvalue weighted by molar-refractivity contribution is 8.00. The van der Waals surface area contributed by atoms with Crippen LogP contribution in [0.4, 0.5) is 9.59 Å². The number of nitrogens with two attached hydrogens (primary N) is 1. The van der Waals surface area contributed by atoms with Gasteiger partial charge in [-0.25, -0.2) is 14.4 Å². The normalized spacial score (nSPS) is 21.9. The Morgan fingerprint density at radius 2 is 1.06 bits per heavy atom. The molecule has 0 aromatic heterocycles. The molecule has 5 fully saturated rings. The second-order valence-electron chi connectivity index (χ2n) is 15.7. The average molecular weight is 1020 g/mol. The largest absolute Gasteiger partial charge is 0.356 e. The smallest absolute Gasteiger partial charge is 0.333 e. The average Bonchev–Trinajstić information content (AvgIpc) is 4.10. The minimum Gasteiger partial charge on any atom is -0.356 e. The van der Waals surface area contributed by atoms with Crippen molar-refractivity contribution in [2.24, 2.45) is 5.73 Å². The van der Waals surface area contributed by atoms with E-state index < -0.39 is 22.1 Å². The van der Waals surface area contributed by atoms with E-state index in [-0.39, 0.29) is 79.8 Å². The Kier molecular flexibility index (Phi) is 30.5. The summed E-state index contributed by atoms with van der Waals surface area (Å²) >= 11 is 18.2. The van der Waals surface area contributed by atoms with E-state index in [2.05, 4.69) is 55.5 Å². The Morgan fingerprint density at radius 3 is 1.48 bits per heavy atom. The maximum atomic E-state index is 11.9. The number of unbranched alkanes of at least 4 members (excludes halogenated alkanes) is 6. The first-order valence-corrected chi connectivity index (χ1v) is 25.8. The van der Waals surface area contributed by atoms with Gasteiger partial charge < -0.3 is 47.8 Å². The summed E-state index contributed by atoms with van der Waals surface area (Å²) in [5.41, 5.74) is 4.79. The number of nitrogens with zero attached hydrogens (tertiary/aromatic N) is 1. The van der Waals surface area contributed by atoms with Gasteiger partial charge in [0.15, 0.2) is 4.30 Å². The Morgan fingerprint density at radius 1 is 0.652 bits per heavy atom. The van der Waals surface area contributed by atoms with E-state index in [0.717, 1.165) is 82.1 Å². The van der Waals surface area contributed by atoms with Crippen molar-refractivity contribution in [3.05, 3.63) is 0 Å². The Hall–Kier alpha value is -3.79. The second-order valence-corrected chi connectivity index (χ2v) is 20.3. The van der Waals surface area contributed by atoms with Crippen LogP contribution in [0.2, 0.25) is 0 Å². The molecule has 18 nitrogen and oxygen atoms in total. The Labute approximate surface area is 412 Å². The van der Waals surface area contributed by atoms with E-state index >= 15 is 0 Å². The summed E-state index contributed by atoms with van der Waals surface area (Å²) in [6.07, 6.45) is 21.8. The number of nitrogens with one attached hydrogen (secondary N) is 7. The van der Waals surface area contributed by atoms with Crippen LogP contribution < -0.4 is 43.0 Å². The summed E-state index contributed by atoms with van der Waals surface area (Å²) in [4.78, 5) is 97.1. The zero-order valence-corrected chi connectivity index (χ0v) is 41.2. The summed E-state index contributed by atoms with van der Waals surface area (Å²) in [6.45, 7) is 1.84. The third kappa shape index (κ3) is 24.8. The number of carbonyl (C=O) groups excluding carboxylic acids is 8. The summed E-state index contributed by atoms with van der Waals surface area (Å²) in [7, 11) is 0. The molecular weight excluding hydrogens is 957 g/mol. The number of carbonyl (C=O) groups is 8. The van der Waals surface area contributed by atoms with Crippen LogP contribution in [-0.4, -0.2) is 129 Å². The van der Waals surface area contributed by atoms with E-state index in [4.69, 9.17) is 51.8 Å². The monoisotopic (exact) mass is 1020 g/mol. The number of rotatable bonds is 24. The minimum atomic E-state index is -0.750. The van der Waals surface area contributed by atoms with Crippen molar-refractivity contribution in [2.75, 3.05) is 37.7 Å². The van der Waals surface area contributed by atoms with Crippen molar-refractivity contribution < 1.29 is 43.2 Å². The summed E-state index contributed by atoms with van der Waals surface area (Å²) in [5, 5.41) is 21.7. The van der Waals surface area contributed by atoms with Gasteiger partial charge in [-0.2, -0.15) is 23.5 Å². The SMILES string of the molecule is C#CCN.C#CCNC(=O)CCCCCNC(=O)CCCCC1SC[C@@H]2NC(=O)N[C@H]12.ClC(Cl)Cl.O=C(CCCCC1SC[C@@H]2NC(=O)N[C@H]12)NCCCCCC(=O)ON1C(=O)CCC1=O. The van der Waals surface area contributed by atoms with Gasteiger partial charge in [0.2, 0.25) is 17.7 Å². The number of alkyl halides is 3. The maximum absolute atomic E-state index is 11.9. The number of amides is 9. The molecular formula is C43H66Cl3N9O9S2. The van der Waals surface area contributed by atoms with E-state index in [1.54, 1.807) is 0 Å². The lowest BCUT2D eigenvalue weighted by Crippen LogP contribution is -2.36. The molecule has 0 spiro atoms. The fourth-order valence-electron chi connectivity index (χ4n) is 7.38. The highest BCUT2D eigenvalue weighted by Gasteiger charge is 2.43. The lowest BCUT2D eigenvalue weighted by Gasteiger charge is -2.16. The quantitative estimate of drug-likeness (QED) is 0.0227. The van der Waals surface area contributed by atoms with Crippen molar-refractivity contribution in [1.29, 1.82) is 0 Å². The van der Waals surface area contributed by atoms with Crippen molar-refractivity contribution in [3.63, 3.8) is 0 Å². The van der Waals surface area contributed by atoms with Gasteiger partial charge in [0.05, 0.1) is 37.3 Å². The van der Waals surface area contributed by atoms with E-state index in [0.29, 0.717) is 60.9 Å². The van der Waals surface area contributed by atoms with E-state index in [1.165, 1.54) is 0 Å². The molecule has 0 bridgehead atoms. The summed E-state index contributed by atoms with van der Waals surface area (Å²) < 4.78 is -0.750. The molecule has 0 aromatic carbocycles. The van der Waals surface area contributed by atoms with Gasteiger partial charge >= 0.3 is 18.0 Å². The highest BCUT2D eigenvalue weighted by Crippen LogP contribution is 2.34. The van der Waals surface area contributed by atoms with Crippen LogP contribution in [0.5, 0.6) is 0 Å². The lowest BCUT2D eigenvalue weighted by atomic mass is 10.0. The number of terminal acetylenes is 2. The minimum absolute atomic E-state index is 0.0170. The van der Waals surface area contributed by atoms with Crippen LogP contribution in [0, 0.1) is 24.7 Å². The van der Waals surface area contributed by atoms with Crippen LogP contribution in [0.25, 0.3) is 0 Å². The zero-order chi connectivity index (χ0) is 48.7. The Bertz CT molecular complexity index is 1650. The number of fused-ring (bicyclic) bond motifs is 2. The molecule has 0 aromatic rings. The van der Waals surface area contributed by atoms with Gasteiger partial charge in [-0.3, -0.25) is 24.0 Å². The van der Waals surface area contributed by atoms with Crippen molar-refractivity contribution in [2.45, 2.75) is 155 Å². The van der Waals surface area contributed by atoms with E-state index in [9.17, 15) is 38.4 Å².